The second kappa shape index (κ2) is 8.37. The Morgan fingerprint density at radius 2 is 2.00 bits per heavy atom. The van der Waals surface area contributed by atoms with Gasteiger partial charge in [-0.1, -0.05) is 41.9 Å². The monoisotopic (exact) mass is 446 g/mol. The van der Waals surface area contributed by atoms with Crippen LogP contribution in [0.3, 0.4) is 0 Å². The summed E-state index contributed by atoms with van der Waals surface area (Å²) in [7, 11) is 0. The van der Waals surface area contributed by atoms with Crippen LogP contribution in [0.15, 0.2) is 48.5 Å². The average Bonchev–Trinajstić information content (AvgIpc) is 3.43. The molecular formula is C22H24ClFN4O3. The molecule has 2 aromatic carbocycles. The first-order valence-electron chi connectivity index (χ1n) is 10.4. The van der Waals surface area contributed by atoms with Crippen LogP contribution in [-0.2, 0) is 9.53 Å². The summed E-state index contributed by atoms with van der Waals surface area (Å²) < 4.78 is 24.9. The highest BCUT2D eigenvalue weighted by atomic mass is 35.5. The summed E-state index contributed by atoms with van der Waals surface area (Å²) >= 11 is 5.66. The van der Waals surface area contributed by atoms with Gasteiger partial charge in [-0.3, -0.25) is 10.1 Å². The summed E-state index contributed by atoms with van der Waals surface area (Å²) in [4.78, 5) is 12.4. The molecule has 2 aromatic rings. The Bertz CT molecular complexity index is 957. The maximum atomic E-state index is 13.5. The van der Waals surface area contributed by atoms with E-state index in [0.29, 0.717) is 5.92 Å². The van der Waals surface area contributed by atoms with Crippen molar-refractivity contribution in [3.8, 4) is 5.75 Å². The average molecular weight is 447 g/mol. The lowest BCUT2D eigenvalue weighted by Crippen LogP contribution is -2.53. The Balaban J connectivity index is 1.09. The largest absolute Gasteiger partial charge is 0.484 e. The molecule has 1 heterocycles. The highest BCUT2D eigenvalue weighted by molar-refractivity contribution is 6.30. The first-order chi connectivity index (χ1) is 15.0. The van der Waals surface area contributed by atoms with E-state index in [4.69, 9.17) is 21.1 Å². The first kappa shape index (κ1) is 20.7. The number of hydrogen-bond acceptors (Lipinski definition) is 6. The van der Waals surface area contributed by atoms with Gasteiger partial charge in [-0.15, -0.1) is 0 Å². The third-order valence-electron chi connectivity index (χ3n) is 6.24. The highest BCUT2D eigenvalue weighted by Gasteiger charge is 2.57. The highest BCUT2D eigenvalue weighted by Crippen LogP contribution is 2.52. The van der Waals surface area contributed by atoms with E-state index in [-0.39, 0.29) is 47.4 Å². The molecule has 0 aromatic heterocycles. The molecule has 9 heteroatoms. The molecule has 4 fully saturated rings. The molecule has 31 heavy (non-hydrogen) atoms. The molecule has 3 aliphatic carbocycles. The Morgan fingerprint density at radius 1 is 1.19 bits per heavy atom. The molecule has 3 atom stereocenters. The number of carbonyl (C=O) groups is 1. The molecule has 164 valence electrons. The van der Waals surface area contributed by atoms with E-state index >= 15 is 0 Å². The summed E-state index contributed by atoms with van der Waals surface area (Å²) in [6.07, 6.45) is 2.17. The fraction of sp³-hybridized carbons (Fsp3) is 0.409. The molecule has 4 aliphatic rings. The maximum absolute atomic E-state index is 13.5. The van der Waals surface area contributed by atoms with Gasteiger partial charge in [0.25, 0.3) is 5.91 Å². The molecule has 4 N–H and O–H groups in total. The number of ether oxygens (including phenoxy) is 2. The second-order valence-corrected chi connectivity index (χ2v) is 8.84. The van der Waals surface area contributed by atoms with Crippen molar-refractivity contribution in [2.24, 2.45) is 5.92 Å². The zero-order chi connectivity index (χ0) is 21.4. The first-order valence-corrected chi connectivity index (χ1v) is 10.7. The van der Waals surface area contributed by atoms with Crippen molar-refractivity contribution in [3.05, 3.63) is 64.9 Å². The molecular weight excluding hydrogens is 423 g/mol. The van der Waals surface area contributed by atoms with Crippen molar-refractivity contribution in [1.82, 2.24) is 21.5 Å². The number of benzene rings is 2. The number of amides is 1. The van der Waals surface area contributed by atoms with Crippen LogP contribution in [0.4, 0.5) is 4.39 Å². The number of carbonyl (C=O) groups excluding carboxylic acids is 1. The van der Waals surface area contributed by atoms with Crippen LogP contribution >= 0.6 is 11.6 Å². The quantitative estimate of drug-likeness (QED) is 0.523. The minimum Gasteiger partial charge on any atom is -0.484 e. The SMILES string of the molecule is O=C(COc1ccc(Cl)c(F)c1)NC12CC(C1)C(NC1NNC(c3ccccc3)O1)C2. The van der Waals surface area contributed by atoms with E-state index in [0.717, 1.165) is 24.8 Å². The van der Waals surface area contributed by atoms with Gasteiger partial charge < -0.3 is 14.8 Å². The van der Waals surface area contributed by atoms with Crippen molar-refractivity contribution < 1.29 is 18.7 Å². The van der Waals surface area contributed by atoms with Crippen molar-refractivity contribution in [2.45, 2.75) is 43.4 Å². The minimum atomic E-state index is -0.573. The lowest BCUT2D eigenvalue weighted by molar-refractivity contribution is -0.125. The lowest BCUT2D eigenvalue weighted by atomic mass is 9.76. The molecule has 6 rings (SSSR count). The fourth-order valence-electron chi connectivity index (χ4n) is 4.80. The van der Waals surface area contributed by atoms with E-state index in [1.807, 2.05) is 30.3 Å². The van der Waals surface area contributed by atoms with E-state index < -0.39 is 5.82 Å². The van der Waals surface area contributed by atoms with Gasteiger partial charge in [-0.25, -0.2) is 15.2 Å². The second-order valence-electron chi connectivity index (χ2n) is 8.43. The normalized spacial score (nSPS) is 31.3. The van der Waals surface area contributed by atoms with Gasteiger partial charge >= 0.3 is 0 Å². The maximum Gasteiger partial charge on any atom is 0.258 e. The van der Waals surface area contributed by atoms with Gasteiger partial charge in [-0.05, 0) is 42.9 Å². The summed E-state index contributed by atoms with van der Waals surface area (Å²) in [6, 6.07) is 14.3. The Kier molecular flexibility index (Phi) is 5.58. The van der Waals surface area contributed by atoms with Gasteiger partial charge in [0.1, 0.15) is 17.8 Å². The molecule has 3 unspecified atom stereocenters. The van der Waals surface area contributed by atoms with E-state index in [1.165, 1.54) is 18.2 Å². The Hall–Kier alpha value is -2.23. The minimum absolute atomic E-state index is 0.0201. The number of nitrogens with one attached hydrogen (secondary N) is 4. The van der Waals surface area contributed by atoms with Crippen molar-refractivity contribution >= 4 is 17.5 Å². The van der Waals surface area contributed by atoms with Gasteiger partial charge in [0.05, 0.1) is 5.02 Å². The zero-order valence-electron chi connectivity index (χ0n) is 16.7. The van der Waals surface area contributed by atoms with Crippen LogP contribution in [0.2, 0.25) is 5.02 Å². The van der Waals surface area contributed by atoms with Crippen LogP contribution in [0, 0.1) is 11.7 Å². The molecule has 0 radical (unpaired) electrons. The van der Waals surface area contributed by atoms with Gasteiger partial charge in [0.15, 0.2) is 13.0 Å². The number of halogens is 2. The lowest BCUT2D eigenvalue weighted by Gasteiger charge is -2.39. The number of hydrogen-bond donors (Lipinski definition) is 4. The number of hydrazine groups is 1. The summed E-state index contributed by atoms with van der Waals surface area (Å²) in [5.74, 6) is -0.0170. The Labute approximate surface area is 184 Å². The topological polar surface area (TPSA) is 83.7 Å². The van der Waals surface area contributed by atoms with Crippen LogP contribution in [0.5, 0.6) is 5.75 Å². The molecule has 2 bridgehead atoms. The van der Waals surface area contributed by atoms with Crippen LogP contribution < -0.4 is 26.2 Å². The molecule has 3 saturated carbocycles. The molecule has 1 saturated heterocycles. The van der Waals surface area contributed by atoms with Crippen LogP contribution in [0.1, 0.15) is 31.1 Å². The summed E-state index contributed by atoms with van der Waals surface area (Å²) in [6.45, 7) is -0.165. The van der Waals surface area contributed by atoms with E-state index in [9.17, 15) is 9.18 Å². The molecule has 0 spiro atoms. The van der Waals surface area contributed by atoms with Crippen molar-refractivity contribution in [2.75, 3.05) is 6.61 Å². The van der Waals surface area contributed by atoms with Crippen LogP contribution in [-0.4, -0.2) is 30.4 Å². The standard InChI is InChI=1S/C22H24ClFN4O3/c23-16-7-6-15(8-17(16)24)30-12-19(29)26-22-9-14(10-22)18(11-22)25-21-28-27-20(31-21)13-4-2-1-3-5-13/h1-8,14,18,20-21,25,27-28H,9-12H2,(H,26,29). The Morgan fingerprint density at radius 3 is 2.77 bits per heavy atom. The summed E-state index contributed by atoms with van der Waals surface area (Å²) in [5, 5.41) is 6.63. The number of fused-ring (bicyclic) bond motifs is 1. The third-order valence-corrected chi connectivity index (χ3v) is 6.54. The predicted octanol–water partition coefficient (Wildman–Crippen LogP) is 2.59. The van der Waals surface area contributed by atoms with Crippen molar-refractivity contribution in [1.29, 1.82) is 0 Å². The smallest absolute Gasteiger partial charge is 0.258 e. The van der Waals surface area contributed by atoms with Crippen LogP contribution in [0.25, 0.3) is 0 Å². The van der Waals surface area contributed by atoms with Gasteiger partial charge in [0.2, 0.25) is 0 Å². The third kappa shape index (κ3) is 4.40. The van der Waals surface area contributed by atoms with Gasteiger partial charge in [0, 0.05) is 17.6 Å². The number of rotatable bonds is 7. The molecule has 1 amide bonds. The zero-order valence-corrected chi connectivity index (χ0v) is 17.5. The van der Waals surface area contributed by atoms with Gasteiger partial charge in [-0.2, -0.15) is 0 Å². The predicted molar refractivity (Wildman–Crippen MR) is 112 cm³/mol. The van der Waals surface area contributed by atoms with E-state index in [2.05, 4.69) is 21.5 Å². The summed E-state index contributed by atoms with van der Waals surface area (Å²) in [5.41, 5.74) is 7.14. The molecule has 7 nitrogen and oxygen atoms in total. The van der Waals surface area contributed by atoms with Crippen molar-refractivity contribution in [3.63, 3.8) is 0 Å². The van der Waals surface area contributed by atoms with E-state index in [1.54, 1.807) is 0 Å². The molecule has 1 aliphatic heterocycles. The fourth-order valence-corrected chi connectivity index (χ4v) is 4.92.